The van der Waals surface area contributed by atoms with Gasteiger partial charge in [0.05, 0.1) is 12.0 Å². The Hall–Kier alpha value is -2.01. The monoisotopic (exact) mass is 356 g/mol. The van der Waals surface area contributed by atoms with Crippen molar-refractivity contribution in [1.29, 1.82) is 0 Å². The van der Waals surface area contributed by atoms with Crippen molar-refractivity contribution in [1.82, 2.24) is 10.5 Å². The average Bonchev–Trinajstić information content (AvgIpc) is 3.03. The molecule has 0 saturated carbocycles. The molecule has 0 aliphatic heterocycles. The van der Waals surface area contributed by atoms with E-state index < -0.39 is 23.9 Å². The van der Waals surface area contributed by atoms with Gasteiger partial charge in [0.2, 0.25) is 29.4 Å². The Morgan fingerprint density at radius 3 is 2.88 bits per heavy atom. The predicted octanol–water partition coefficient (Wildman–Crippen LogP) is 0.359. The third kappa shape index (κ3) is 3.90. The fraction of sp³-hybridized carbons (Fsp3) is 0.429. The number of hydrogen-bond acceptors (Lipinski definition) is 10. The number of ether oxygens (including phenoxy) is 2. The smallest absolute Gasteiger partial charge is 0.361 e. The summed E-state index contributed by atoms with van der Waals surface area (Å²) in [4.78, 5) is 36.3. The molecule has 1 aliphatic rings. The van der Waals surface area contributed by atoms with Crippen LogP contribution in [0.2, 0.25) is 0 Å². The number of allylic oxidation sites excluding steroid dienone is 2. The van der Waals surface area contributed by atoms with Crippen LogP contribution in [0, 0.1) is 0 Å². The van der Waals surface area contributed by atoms with Gasteiger partial charge in [0.25, 0.3) is 0 Å². The predicted molar refractivity (Wildman–Crippen MR) is 82.7 cm³/mol. The molecule has 24 heavy (non-hydrogen) atoms. The summed E-state index contributed by atoms with van der Waals surface area (Å²) in [6.07, 6.45) is 0.734. The molecule has 1 unspecified atom stereocenters. The Bertz CT molecular complexity index is 683. The molecule has 0 spiro atoms. The maximum atomic E-state index is 12.5. The van der Waals surface area contributed by atoms with Gasteiger partial charge in [-0.25, -0.2) is 4.79 Å². The maximum Gasteiger partial charge on any atom is 0.361 e. The Balaban J connectivity index is 2.01. The van der Waals surface area contributed by atoms with Crippen LogP contribution in [0.4, 0.5) is 0 Å². The number of carbonyl (C=O) groups excluding carboxylic acids is 3. The standard InChI is InChI=1S/C14H16N2O7S/c1-21-13(19)10-9-11(18)8(6-7(17)12(9)23-16-10)24-5-3-4-15-14(20)22-2/h6,14-15,20H,3-5H2,1-2H3. The first-order valence-electron chi connectivity index (χ1n) is 6.95. The molecule has 9 nitrogen and oxygen atoms in total. The molecule has 0 radical (unpaired) electrons. The van der Waals surface area contributed by atoms with Crippen LogP contribution in [0.5, 0.6) is 0 Å². The third-order valence-electron chi connectivity index (χ3n) is 3.13. The van der Waals surface area contributed by atoms with E-state index in [1.54, 1.807) is 0 Å². The number of rotatable bonds is 8. The number of ketones is 2. The van der Waals surface area contributed by atoms with Crippen molar-refractivity contribution in [3.8, 4) is 0 Å². The van der Waals surface area contributed by atoms with E-state index in [9.17, 15) is 14.4 Å². The minimum atomic E-state index is -1.05. The van der Waals surface area contributed by atoms with Crippen molar-refractivity contribution < 1.29 is 33.5 Å². The number of aliphatic hydroxyl groups excluding tert-OH is 1. The summed E-state index contributed by atoms with van der Waals surface area (Å²) in [7, 11) is 2.50. The molecule has 0 amide bonds. The minimum absolute atomic E-state index is 0.162. The highest BCUT2D eigenvalue weighted by molar-refractivity contribution is 8.04. The number of nitrogens with zero attached hydrogens (tertiary/aromatic N) is 1. The van der Waals surface area contributed by atoms with Crippen molar-refractivity contribution >= 4 is 29.3 Å². The molecule has 1 aliphatic carbocycles. The number of aliphatic hydroxyl groups is 1. The summed E-state index contributed by atoms with van der Waals surface area (Å²) >= 11 is 1.17. The van der Waals surface area contributed by atoms with Crippen molar-refractivity contribution in [2.45, 2.75) is 12.8 Å². The van der Waals surface area contributed by atoms with Gasteiger partial charge in [-0.2, -0.15) is 0 Å². The summed E-state index contributed by atoms with van der Waals surface area (Å²) in [5, 5.41) is 15.3. The maximum absolute atomic E-state index is 12.5. The zero-order chi connectivity index (χ0) is 17.7. The first-order valence-corrected chi connectivity index (χ1v) is 7.94. The lowest BCUT2D eigenvalue weighted by molar-refractivity contribution is -0.0961. The van der Waals surface area contributed by atoms with Crippen LogP contribution in [0.15, 0.2) is 15.5 Å². The number of esters is 1. The van der Waals surface area contributed by atoms with Crippen molar-refractivity contribution in [2.24, 2.45) is 0 Å². The topological polar surface area (TPSA) is 128 Å². The Kier molecular flexibility index (Phi) is 6.26. The number of nitrogens with one attached hydrogen (secondary N) is 1. The second-order valence-electron chi connectivity index (χ2n) is 4.67. The number of aromatic nitrogens is 1. The number of Topliss-reactive ketones (excluding diaryl/α,β-unsaturated/α-hetero) is 1. The van der Waals surface area contributed by atoms with Crippen molar-refractivity contribution in [3.05, 3.63) is 28.0 Å². The van der Waals surface area contributed by atoms with Crippen molar-refractivity contribution in [3.63, 3.8) is 0 Å². The second kappa shape index (κ2) is 8.20. The normalized spacial score (nSPS) is 15.0. The molecule has 2 N–H and O–H groups in total. The molecule has 1 aromatic rings. The molecular weight excluding hydrogens is 340 g/mol. The molecular formula is C14H16N2O7S. The van der Waals surface area contributed by atoms with Gasteiger partial charge in [-0.05, 0) is 12.2 Å². The van der Waals surface area contributed by atoms with Gasteiger partial charge in [-0.3, -0.25) is 14.9 Å². The highest BCUT2D eigenvalue weighted by Crippen LogP contribution is 2.30. The van der Waals surface area contributed by atoms with Crippen LogP contribution >= 0.6 is 11.8 Å². The Morgan fingerprint density at radius 1 is 1.46 bits per heavy atom. The molecule has 2 rings (SSSR count). The zero-order valence-electron chi connectivity index (χ0n) is 13.0. The largest absolute Gasteiger partial charge is 0.464 e. The number of thioether (sulfide) groups is 1. The summed E-state index contributed by atoms with van der Waals surface area (Å²) < 4.78 is 13.9. The number of hydrogen-bond donors (Lipinski definition) is 2. The minimum Gasteiger partial charge on any atom is -0.464 e. The van der Waals surface area contributed by atoms with Gasteiger partial charge in [-0.1, -0.05) is 5.16 Å². The Morgan fingerprint density at radius 2 is 2.21 bits per heavy atom. The lowest BCUT2D eigenvalue weighted by Crippen LogP contribution is -2.31. The first-order chi connectivity index (χ1) is 11.5. The molecule has 1 atom stereocenters. The molecule has 10 heteroatoms. The number of methoxy groups -OCH3 is 2. The van der Waals surface area contributed by atoms with Crippen LogP contribution < -0.4 is 5.32 Å². The van der Waals surface area contributed by atoms with E-state index in [4.69, 9.17) is 9.63 Å². The fourth-order valence-electron chi connectivity index (χ4n) is 1.95. The first kappa shape index (κ1) is 18.3. The number of carbonyl (C=O) groups is 3. The van der Waals surface area contributed by atoms with E-state index in [0.717, 1.165) is 7.11 Å². The quantitative estimate of drug-likeness (QED) is 0.383. The van der Waals surface area contributed by atoms with Crippen molar-refractivity contribution in [2.75, 3.05) is 26.5 Å². The third-order valence-corrected chi connectivity index (χ3v) is 4.24. The van der Waals surface area contributed by atoms with Crippen LogP contribution in [0.25, 0.3) is 0 Å². The molecule has 130 valence electrons. The summed E-state index contributed by atoms with van der Waals surface area (Å²) in [5.41, 5.74) is -0.466. The van der Waals surface area contributed by atoms with Crippen LogP contribution in [0.3, 0.4) is 0 Å². The van der Waals surface area contributed by atoms with E-state index in [1.165, 1.54) is 24.9 Å². The average molecular weight is 356 g/mol. The van der Waals surface area contributed by atoms with Crippen LogP contribution in [-0.2, 0) is 9.47 Å². The second-order valence-corrected chi connectivity index (χ2v) is 5.81. The highest BCUT2D eigenvalue weighted by atomic mass is 32.2. The molecule has 0 aromatic carbocycles. The number of fused-ring (bicyclic) bond motifs is 1. The molecule has 0 fully saturated rings. The van der Waals surface area contributed by atoms with E-state index in [-0.39, 0.29) is 21.9 Å². The van der Waals surface area contributed by atoms with E-state index >= 15 is 0 Å². The van der Waals surface area contributed by atoms with Gasteiger partial charge in [0.15, 0.2) is 0 Å². The lowest BCUT2D eigenvalue weighted by Gasteiger charge is -2.12. The van der Waals surface area contributed by atoms with E-state index in [1.807, 2.05) is 0 Å². The fourth-order valence-corrected chi connectivity index (χ4v) is 2.88. The van der Waals surface area contributed by atoms with E-state index in [2.05, 4.69) is 19.9 Å². The van der Waals surface area contributed by atoms with Crippen LogP contribution in [0.1, 0.15) is 37.8 Å². The van der Waals surface area contributed by atoms with Gasteiger partial charge in [0.1, 0.15) is 5.56 Å². The highest BCUT2D eigenvalue weighted by Gasteiger charge is 2.36. The molecule has 1 heterocycles. The molecule has 1 aromatic heterocycles. The SMILES string of the molecule is COC(=O)c1noc2c1C(=O)C(SCCCNC(O)OC)=CC2=O. The zero-order valence-corrected chi connectivity index (χ0v) is 13.8. The van der Waals surface area contributed by atoms with Crippen LogP contribution in [-0.4, -0.2) is 60.7 Å². The summed E-state index contributed by atoms with van der Waals surface area (Å²) in [6.45, 7) is 0.462. The van der Waals surface area contributed by atoms with Gasteiger partial charge in [0, 0.05) is 19.7 Å². The lowest BCUT2D eigenvalue weighted by atomic mass is 10.00. The molecule has 0 saturated heterocycles. The van der Waals surface area contributed by atoms with E-state index in [0.29, 0.717) is 18.7 Å². The Labute approximate surface area is 141 Å². The van der Waals surface area contributed by atoms with Gasteiger partial charge >= 0.3 is 5.97 Å². The molecule has 0 bridgehead atoms. The van der Waals surface area contributed by atoms with Gasteiger partial charge in [-0.15, -0.1) is 11.8 Å². The summed E-state index contributed by atoms with van der Waals surface area (Å²) in [6, 6.07) is 0. The summed E-state index contributed by atoms with van der Waals surface area (Å²) in [5.74, 6) is -1.61. The van der Waals surface area contributed by atoms with Gasteiger partial charge < -0.3 is 19.1 Å².